The second kappa shape index (κ2) is 1.82. The third kappa shape index (κ3) is 0.868. The Morgan fingerprint density at radius 3 is 2.09 bits per heavy atom. The smallest absolute Gasteiger partial charge is 0.00406 e. The largest absolute Gasteiger partial charge is 0.330 e. The molecule has 0 aliphatic heterocycles. The summed E-state index contributed by atoms with van der Waals surface area (Å²) < 4.78 is 0. The lowest BCUT2D eigenvalue weighted by Crippen LogP contribution is -2.06. The van der Waals surface area contributed by atoms with Gasteiger partial charge in [-0.05, 0) is 42.1 Å². The van der Waals surface area contributed by atoms with Crippen LogP contribution in [0.25, 0.3) is 0 Å². The average molecular weight is 153 g/mol. The standard InChI is InChI=1S/C10H19N/c1-9(2)7(6-11)8(9)10(3)4-5-10/h7-8H,4-6,11H2,1-3H3/t7-,8-/m1/s1. The number of hydrogen-bond donors (Lipinski definition) is 1. The lowest BCUT2D eigenvalue weighted by Gasteiger charge is -2.08. The molecule has 2 N–H and O–H groups in total. The summed E-state index contributed by atoms with van der Waals surface area (Å²) >= 11 is 0. The van der Waals surface area contributed by atoms with Crippen LogP contribution >= 0.6 is 0 Å². The van der Waals surface area contributed by atoms with Gasteiger partial charge in [0.1, 0.15) is 0 Å². The van der Waals surface area contributed by atoms with Crippen LogP contribution in [-0.2, 0) is 0 Å². The van der Waals surface area contributed by atoms with E-state index < -0.39 is 0 Å². The second-order valence-electron chi connectivity index (χ2n) is 5.30. The highest BCUT2D eigenvalue weighted by Gasteiger charge is 2.67. The zero-order valence-electron chi connectivity index (χ0n) is 7.85. The van der Waals surface area contributed by atoms with Crippen molar-refractivity contribution in [2.75, 3.05) is 6.54 Å². The maximum Gasteiger partial charge on any atom is -0.00406 e. The van der Waals surface area contributed by atoms with Crippen LogP contribution in [-0.4, -0.2) is 6.54 Å². The maximum absolute atomic E-state index is 5.72. The highest BCUT2D eigenvalue weighted by molar-refractivity contribution is 5.16. The third-order valence-electron chi connectivity index (χ3n) is 4.09. The molecule has 2 aliphatic carbocycles. The van der Waals surface area contributed by atoms with Gasteiger partial charge in [0, 0.05) is 0 Å². The van der Waals surface area contributed by atoms with Gasteiger partial charge in [0.25, 0.3) is 0 Å². The van der Waals surface area contributed by atoms with Crippen molar-refractivity contribution in [2.24, 2.45) is 28.4 Å². The van der Waals surface area contributed by atoms with Crippen LogP contribution in [0, 0.1) is 22.7 Å². The minimum absolute atomic E-state index is 0.556. The fourth-order valence-electron chi connectivity index (χ4n) is 3.08. The first kappa shape index (κ1) is 7.60. The zero-order chi connectivity index (χ0) is 8.28. The summed E-state index contributed by atoms with van der Waals surface area (Å²) in [6, 6.07) is 0. The summed E-state index contributed by atoms with van der Waals surface area (Å²) in [5.41, 5.74) is 6.97. The SMILES string of the molecule is CC1([C@@H]2[C@@H](CN)C2(C)C)CC1. The van der Waals surface area contributed by atoms with Crippen molar-refractivity contribution in [2.45, 2.75) is 33.6 Å². The summed E-state index contributed by atoms with van der Waals surface area (Å²) in [5, 5.41) is 0. The molecule has 2 rings (SSSR count). The molecule has 1 nitrogen and oxygen atoms in total. The molecule has 2 atom stereocenters. The molecule has 0 aromatic carbocycles. The first-order chi connectivity index (χ1) is 5.02. The molecule has 1 heteroatoms. The summed E-state index contributed by atoms with van der Waals surface area (Å²) in [6.45, 7) is 8.07. The Kier molecular flexibility index (Phi) is 1.26. The van der Waals surface area contributed by atoms with Crippen LogP contribution < -0.4 is 5.73 Å². The lowest BCUT2D eigenvalue weighted by atomic mass is 9.96. The monoisotopic (exact) mass is 153 g/mol. The first-order valence-corrected chi connectivity index (χ1v) is 4.72. The molecule has 0 radical (unpaired) electrons. The molecule has 11 heavy (non-hydrogen) atoms. The van der Waals surface area contributed by atoms with Gasteiger partial charge in [-0.1, -0.05) is 20.8 Å². The van der Waals surface area contributed by atoms with Gasteiger partial charge in [0.2, 0.25) is 0 Å². The summed E-state index contributed by atoms with van der Waals surface area (Å²) in [5.74, 6) is 1.75. The molecule has 0 amide bonds. The molecule has 2 aliphatic rings. The van der Waals surface area contributed by atoms with Gasteiger partial charge in [-0.2, -0.15) is 0 Å². The highest BCUT2D eigenvalue weighted by Crippen LogP contribution is 2.72. The summed E-state index contributed by atoms with van der Waals surface area (Å²) in [7, 11) is 0. The zero-order valence-corrected chi connectivity index (χ0v) is 7.85. The van der Waals surface area contributed by atoms with Crippen molar-refractivity contribution in [3.63, 3.8) is 0 Å². The van der Waals surface area contributed by atoms with Crippen molar-refractivity contribution in [1.29, 1.82) is 0 Å². The Hall–Kier alpha value is -0.0400. The predicted octanol–water partition coefficient (Wildman–Crippen LogP) is 2.02. The Balaban J connectivity index is 2.08. The van der Waals surface area contributed by atoms with E-state index in [1.54, 1.807) is 0 Å². The number of rotatable bonds is 2. The Morgan fingerprint density at radius 1 is 1.27 bits per heavy atom. The number of nitrogens with two attached hydrogens (primary N) is 1. The van der Waals surface area contributed by atoms with Gasteiger partial charge in [0.15, 0.2) is 0 Å². The minimum atomic E-state index is 0.556. The molecule has 64 valence electrons. The van der Waals surface area contributed by atoms with Crippen molar-refractivity contribution >= 4 is 0 Å². The second-order valence-corrected chi connectivity index (χ2v) is 5.30. The topological polar surface area (TPSA) is 26.0 Å². The van der Waals surface area contributed by atoms with E-state index >= 15 is 0 Å². The van der Waals surface area contributed by atoms with Crippen LogP contribution in [0.5, 0.6) is 0 Å². The van der Waals surface area contributed by atoms with Crippen molar-refractivity contribution < 1.29 is 0 Å². The maximum atomic E-state index is 5.72. The van der Waals surface area contributed by atoms with Gasteiger partial charge >= 0.3 is 0 Å². The van der Waals surface area contributed by atoms with Gasteiger partial charge in [-0.3, -0.25) is 0 Å². The molecular formula is C10H19N. The fourth-order valence-corrected chi connectivity index (χ4v) is 3.08. The molecule has 0 heterocycles. The van der Waals surface area contributed by atoms with Gasteiger partial charge in [-0.25, -0.2) is 0 Å². The van der Waals surface area contributed by atoms with Gasteiger partial charge in [0.05, 0.1) is 0 Å². The van der Waals surface area contributed by atoms with E-state index in [1.807, 2.05) is 0 Å². The highest BCUT2D eigenvalue weighted by atomic mass is 14.8. The molecule has 0 aromatic heterocycles. The van der Waals surface area contributed by atoms with E-state index in [0.29, 0.717) is 10.8 Å². The lowest BCUT2D eigenvalue weighted by molar-refractivity contribution is 0.402. The van der Waals surface area contributed by atoms with Crippen molar-refractivity contribution in [1.82, 2.24) is 0 Å². The van der Waals surface area contributed by atoms with E-state index in [-0.39, 0.29) is 0 Å². The van der Waals surface area contributed by atoms with E-state index in [1.165, 1.54) is 12.8 Å². The molecular weight excluding hydrogens is 134 g/mol. The molecule has 0 bridgehead atoms. The molecule has 0 unspecified atom stereocenters. The van der Waals surface area contributed by atoms with Crippen molar-refractivity contribution in [3.8, 4) is 0 Å². The van der Waals surface area contributed by atoms with Crippen LogP contribution in [0.4, 0.5) is 0 Å². The quantitative estimate of drug-likeness (QED) is 0.645. The van der Waals surface area contributed by atoms with Crippen LogP contribution in [0.1, 0.15) is 33.6 Å². The van der Waals surface area contributed by atoms with E-state index in [4.69, 9.17) is 5.73 Å². The summed E-state index contributed by atoms with van der Waals surface area (Å²) in [6.07, 6.45) is 2.88. The molecule has 2 saturated carbocycles. The van der Waals surface area contributed by atoms with Gasteiger partial charge < -0.3 is 5.73 Å². The van der Waals surface area contributed by atoms with Crippen LogP contribution in [0.3, 0.4) is 0 Å². The Bertz CT molecular complexity index is 179. The van der Waals surface area contributed by atoms with Crippen LogP contribution in [0.15, 0.2) is 0 Å². The van der Waals surface area contributed by atoms with Crippen molar-refractivity contribution in [3.05, 3.63) is 0 Å². The van der Waals surface area contributed by atoms with E-state index in [0.717, 1.165) is 18.4 Å². The van der Waals surface area contributed by atoms with Crippen LogP contribution in [0.2, 0.25) is 0 Å². The fraction of sp³-hybridized carbons (Fsp3) is 1.00. The minimum Gasteiger partial charge on any atom is -0.330 e. The average Bonchev–Trinajstić information content (AvgIpc) is 2.72. The predicted molar refractivity (Wildman–Crippen MR) is 47.2 cm³/mol. The Morgan fingerprint density at radius 2 is 1.82 bits per heavy atom. The molecule has 0 spiro atoms. The first-order valence-electron chi connectivity index (χ1n) is 4.72. The van der Waals surface area contributed by atoms with E-state index in [9.17, 15) is 0 Å². The Labute approximate surface area is 69.4 Å². The van der Waals surface area contributed by atoms with E-state index in [2.05, 4.69) is 20.8 Å². The summed E-state index contributed by atoms with van der Waals surface area (Å²) in [4.78, 5) is 0. The molecule has 0 aromatic rings. The number of hydrogen-bond acceptors (Lipinski definition) is 1. The molecule has 2 fully saturated rings. The third-order valence-corrected chi connectivity index (χ3v) is 4.09. The van der Waals surface area contributed by atoms with Gasteiger partial charge in [-0.15, -0.1) is 0 Å². The normalized spacial score (nSPS) is 43.6. The molecule has 0 saturated heterocycles.